The molecule has 2 aromatic rings. The number of thioether (sulfide) groups is 1. The van der Waals surface area contributed by atoms with E-state index in [0.717, 1.165) is 35.8 Å². The number of dihydropyridines is 1. The van der Waals surface area contributed by atoms with Gasteiger partial charge in [-0.1, -0.05) is 36.4 Å². The third-order valence-electron chi connectivity index (χ3n) is 4.52. The van der Waals surface area contributed by atoms with E-state index in [-0.39, 0.29) is 5.37 Å². The average molecular weight is 389 g/mol. The van der Waals surface area contributed by atoms with E-state index in [9.17, 15) is 0 Å². The van der Waals surface area contributed by atoms with Gasteiger partial charge in [0.05, 0.1) is 17.0 Å². The molecule has 0 bridgehead atoms. The van der Waals surface area contributed by atoms with Gasteiger partial charge in [-0.05, 0) is 43.2 Å². The van der Waals surface area contributed by atoms with Crippen LogP contribution in [0.4, 0.5) is 5.69 Å². The lowest BCUT2D eigenvalue weighted by molar-refractivity contribution is 0.966. The largest absolute Gasteiger partial charge is 0.314 e. The van der Waals surface area contributed by atoms with Gasteiger partial charge in [0, 0.05) is 36.8 Å². The molecule has 1 aliphatic heterocycles. The van der Waals surface area contributed by atoms with Gasteiger partial charge in [0.25, 0.3) is 0 Å². The first-order chi connectivity index (χ1) is 13.7. The zero-order valence-electron chi connectivity index (χ0n) is 16.2. The molecule has 0 saturated carbocycles. The lowest BCUT2D eigenvalue weighted by Crippen LogP contribution is -2.39. The summed E-state index contributed by atoms with van der Waals surface area (Å²) in [6, 6.07) is 20.3. The Morgan fingerprint density at radius 3 is 2.57 bits per heavy atom. The molecule has 0 radical (unpaired) electrons. The number of aliphatic imine (C=N–C) groups is 2. The number of amidine groups is 1. The summed E-state index contributed by atoms with van der Waals surface area (Å²) in [5.41, 5.74) is 4.08. The Morgan fingerprint density at radius 1 is 1.21 bits per heavy atom. The SMILES string of the molecule is C/N=C(/C1=CCCN=C1)N(c1ccccc1)C(C)SCc1ccc(C#N)cc1. The number of benzene rings is 2. The highest BCUT2D eigenvalue weighted by Gasteiger charge is 2.23. The first-order valence-electron chi connectivity index (χ1n) is 9.35. The molecule has 0 spiro atoms. The number of nitrogens with zero attached hydrogens (tertiary/aromatic N) is 4. The van der Waals surface area contributed by atoms with Gasteiger partial charge in [-0.15, -0.1) is 11.8 Å². The highest BCUT2D eigenvalue weighted by Crippen LogP contribution is 2.28. The number of anilines is 1. The number of nitriles is 1. The zero-order chi connectivity index (χ0) is 19.8. The molecule has 0 fully saturated rings. The molecule has 2 aromatic carbocycles. The van der Waals surface area contributed by atoms with Crippen molar-refractivity contribution < 1.29 is 0 Å². The molecule has 0 amide bonds. The minimum atomic E-state index is 0.174. The summed E-state index contributed by atoms with van der Waals surface area (Å²) in [6.45, 7) is 3.04. The summed E-state index contributed by atoms with van der Waals surface area (Å²) in [7, 11) is 1.84. The summed E-state index contributed by atoms with van der Waals surface area (Å²) in [5.74, 6) is 1.80. The zero-order valence-corrected chi connectivity index (χ0v) is 17.1. The molecule has 1 aliphatic rings. The predicted molar refractivity (Wildman–Crippen MR) is 120 cm³/mol. The van der Waals surface area contributed by atoms with Crippen LogP contribution < -0.4 is 4.90 Å². The summed E-state index contributed by atoms with van der Waals surface area (Å²) < 4.78 is 0. The minimum Gasteiger partial charge on any atom is -0.314 e. The number of para-hydroxylation sites is 1. The number of rotatable bonds is 6. The van der Waals surface area contributed by atoms with Crippen molar-refractivity contribution in [2.24, 2.45) is 9.98 Å². The normalized spacial score (nSPS) is 14.9. The molecule has 0 saturated heterocycles. The molecule has 1 heterocycles. The van der Waals surface area contributed by atoms with Gasteiger partial charge in [0.1, 0.15) is 5.84 Å². The van der Waals surface area contributed by atoms with E-state index in [1.54, 1.807) is 0 Å². The van der Waals surface area contributed by atoms with Crippen LogP contribution in [0.3, 0.4) is 0 Å². The second-order valence-corrected chi connectivity index (χ2v) is 7.76. The van der Waals surface area contributed by atoms with Crippen molar-refractivity contribution in [3.8, 4) is 6.07 Å². The van der Waals surface area contributed by atoms with Gasteiger partial charge in [0.2, 0.25) is 0 Å². The number of hydrogen-bond donors (Lipinski definition) is 0. The Balaban J connectivity index is 1.82. The van der Waals surface area contributed by atoms with Crippen LogP contribution in [0, 0.1) is 11.3 Å². The molecule has 0 aromatic heterocycles. The van der Waals surface area contributed by atoms with E-state index in [4.69, 9.17) is 5.26 Å². The molecule has 142 valence electrons. The number of hydrogen-bond acceptors (Lipinski definition) is 4. The van der Waals surface area contributed by atoms with Crippen LogP contribution in [0.25, 0.3) is 0 Å². The molecule has 1 unspecified atom stereocenters. The van der Waals surface area contributed by atoms with E-state index >= 15 is 0 Å². The molecule has 3 rings (SSSR count). The maximum atomic E-state index is 8.97. The van der Waals surface area contributed by atoms with E-state index in [1.165, 1.54) is 5.56 Å². The van der Waals surface area contributed by atoms with Crippen LogP contribution in [0.2, 0.25) is 0 Å². The average Bonchev–Trinajstić information content (AvgIpc) is 2.77. The van der Waals surface area contributed by atoms with Crippen LogP contribution in [0.1, 0.15) is 24.5 Å². The second-order valence-electron chi connectivity index (χ2n) is 6.46. The Bertz CT molecular complexity index is 908. The third kappa shape index (κ3) is 4.90. The fraction of sp³-hybridized carbons (Fsp3) is 0.261. The molecule has 28 heavy (non-hydrogen) atoms. The fourth-order valence-corrected chi connectivity index (χ4v) is 4.09. The third-order valence-corrected chi connectivity index (χ3v) is 5.72. The van der Waals surface area contributed by atoms with E-state index in [2.05, 4.69) is 58.2 Å². The smallest absolute Gasteiger partial charge is 0.137 e. The quantitative estimate of drug-likeness (QED) is 0.394. The lowest BCUT2D eigenvalue weighted by Gasteiger charge is -2.32. The van der Waals surface area contributed by atoms with Gasteiger partial charge < -0.3 is 4.90 Å². The predicted octanol–water partition coefficient (Wildman–Crippen LogP) is 5.07. The Morgan fingerprint density at radius 2 is 1.96 bits per heavy atom. The summed E-state index contributed by atoms with van der Waals surface area (Å²) in [5, 5.41) is 9.14. The van der Waals surface area contributed by atoms with Crippen molar-refractivity contribution in [1.29, 1.82) is 5.26 Å². The summed E-state index contributed by atoms with van der Waals surface area (Å²) in [6.07, 6.45) is 5.09. The first-order valence-corrected chi connectivity index (χ1v) is 10.4. The van der Waals surface area contributed by atoms with Crippen molar-refractivity contribution in [1.82, 2.24) is 0 Å². The van der Waals surface area contributed by atoms with Crippen LogP contribution >= 0.6 is 11.8 Å². The van der Waals surface area contributed by atoms with Crippen molar-refractivity contribution in [2.75, 3.05) is 18.5 Å². The van der Waals surface area contributed by atoms with Gasteiger partial charge in [-0.2, -0.15) is 5.26 Å². The highest BCUT2D eigenvalue weighted by atomic mass is 32.2. The molecular formula is C23H24N4S. The summed E-state index contributed by atoms with van der Waals surface area (Å²) >= 11 is 1.84. The molecule has 1 atom stereocenters. The van der Waals surface area contributed by atoms with Crippen molar-refractivity contribution >= 4 is 29.5 Å². The van der Waals surface area contributed by atoms with Crippen molar-refractivity contribution in [3.05, 3.63) is 77.4 Å². The highest BCUT2D eigenvalue weighted by molar-refractivity contribution is 7.99. The maximum absolute atomic E-state index is 8.97. The Labute approximate surface area is 171 Å². The van der Waals surface area contributed by atoms with Crippen molar-refractivity contribution in [3.63, 3.8) is 0 Å². The molecule has 0 N–H and O–H groups in total. The Kier molecular flexibility index (Phi) is 7.05. The Hall–Kier alpha value is -2.84. The van der Waals surface area contributed by atoms with Gasteiger partial charge >= 0.3 is 0 Å². The van der Waals surface area contributed by atoms with Gasteiger partial charge in [0.15, 0.2) is 0 Å². The monoisotopic (exact) mass is 388 g/mol. The van der Waals surface area contributed by atoms with E-state index in [0.29, 0.717) is 5.56 Å². The molecule has 5 heteroatoms. The topological polar surface area (TPSA) is 51.8 Å². The second kappa shape index (κ2) is 9.91. The van der Waals surface area contributed by atoms with E-state index < -0.39 is 0 Å². The van der Waals surface area contributed by atoms with Crippen LogP contribution in [0.5, 0.6) is 0 Å². The van der Waals surface area contributed by atoms with Gasteiger partial charge in [-0.25, -0.2) is 0 Å². The standard InChI is InChI=1S/C23H24N4S/c1-18(28-17-20-12-10-19(15-24)11-13-20)27(22-8-4-3-5-9-22)23(25-2)21-7-6-14-26-16-21/h3-5,7-13,16,18H,6,14,17H2,1-2H3/b25-23-. The molecule has 0 aliphatic carbocycles. The fourth-order valence-electron chi connectivity index (χ4n) is 3.10. The molecule has 4 nitrogen and oxygen atoms in total. The maximum Gasteiger partial charge on any atom is 0.137 e. The first kappa shape index (κ1) is 19.9. The van der Waals surface area contributed by atoms with E-state index in [1.807, 2.05) is 55.4 Å². The molecular weight excluding hydrogens is 364 g/mol. The minimum absolute atomic E-state index is 0.174. The van der Waals surface area contributed by atoms with Crippen LogP contribution in [-0.2, 0) is 5.75 Å². The van der Waals surface area contributed by atoms with Gasteiger partial charge in [-0.3, -0.25) is 9.98 Å². The van der Waals surface area contributed by atoms with Crippen molar-refractivity contribution in [2.45, 2.75) is 24.5 Å². The van der Waals surface area contributed by atoms with Crippen LogP contribution in [0.15, 0.2) is 76.2 Å². The summed E-state index contributed by atoms with van der Waals surface area (Å²) in [4.78, 5) is 11.3. The van der Waals surface area contributed by atoms with Crippen LogP contribution in [-0.4, -0.2) is 31.0 Å². The lowest BCUT2D eigenvalue weighted by atomic mass is 10.1.